The lowest BCUT2D eigenvalue weighted by atomic mass is 9.96. The van der Waals surface area contributed by atoms with E-state index in [4.69, 9.17) is 13.9 Å². The molecule has 0 fully saturated rings. The number of aryl methyl sites for hydroxylation is 2. The summed E-state index contributed by atoms with van der Waals surface area (Å²) in [6, 6.07) is 12.4. The molecule has 1 aliphatic heterocycles. The van der Waals surface area contributed by atoms with Crippen molar-refractivity contribution in [3.05, 3.63) is 98.7 Å². The Bertz CT molecular complexity index is 1540. The number of carbonyl (C=O) groups excluding carboxylic acids is 1. The Kier molecular flexibility index (Phi) is 6.46. The van der Waals surface area contributed by atoms with Gasteiger partial charge in [-0.1, -0.05) is 32.0 Å². The van der Waals surface area contributed by atoms with Crippen LogP contribution in [0.1, 0.15) is 58.3 Å². The van der Waals surface area contributed by atoms with Crippen molar-refractivity contribution in [3.8, 4) is 11.5 Å². The Morgan fingerprint density at radius 3 is 2.59 bits per heavy atom. The minimum absolute atomic E-state index is 0.0792. The number of carbonyl (C=O) groups is 1. The van der Waals surface area contributed by atoms with E-state index < -0.39 is 6.04 Å². The number of benzene rings is 2. The molecule has 7 nitrogen and oxygen atoms in total. The summed E-state index contributed by atoms with van der Waals surface area (Å²) >= 11 is 0. The summed E-state index contributed by atoms with van der Waals surface area (Å²) in [5.74, 6) is 1.25. The summed E-state index contributed by atoms with van der Waals surface area (Å²) in [5, 5.41) is 0.495. The van der Waals surface area contributed by atoms with Gasteiger partial charge in [-0.3, -0.25) is 14.6 Å². The molecule has 190 valence electrons. The van der Waals surface area contributed by atoms with E-state index in [1.54, 1.807) is 30.5 Å². The van der Waals surface area contributed by atoms with Crippen molar-refractivity contribution >= 4 is 16.9 Å². The highest BCUT2D eigenvalue weighted by Crippen LogP contribution is 2.42. The van der Waals surface area contributed by atoms with Crippen molar-refractivity contribution in [1.82, 2.24) is 9.88 Å². The fourth-order valence-electron chi connectivity index (χ4n) is 4.94. The van der Waals surface area contributed by atoms with Crippen molar-refractivity contribution < 1.29 is 18.7 Å². The van der Waals surface area contributed by atoms with Gasteiger partial charge in [0, 0.05) is 18.9 Å². The van der Waals surface area contributed by atoms with Crippen LogP contribution in [0, 0.1) is 19.8 Å². The molecule has 1 amide bonds. The third-order valence-corrected chi connectivity index (χ3v) is 6.56. The van der Waals surface area contributed by atoms with Crippen LogP contribution in [0.3, 0.4) is 0 Å². The Hall–Kier alpha value is -4.13. The van der Waals surface area contributed by atoms with Gasteiger partial charge >= 0.3 is 0 Å². The number of pyridine rings is 1. The van der Waals surface area contributed by atoms with Crippen LogP contribution in [0.5, 0.6) is 11.5 Å². The van der Waals surface area contributed by atoms with Gasteiger partial charge in [0.05, 0.1) is 30.7 Å². The average Bonchev–Trinajstić information content (AvgIpc) is 3.14. The van der Waals surface area contributed by atoms with Gasteiger partial charge in [0.1, 0.15) is 5.58 Å². The predicted molar refractivity (Wildman–Crippen MR) is 141 cm³/mol. The number of fused-ring (bicyclic) bond motifs is 2. The number of aromatic nitrogens is 1. The van der Waals surface area contributed by atoms with E-state index in [0.29, 0.717) is 40.6 Å². The van der Waals surface area contributed by atoms with Crippen LogP contribution in [0.2, 0.25) is 0 Å². The largest absolute Gasteiger partial charge is 0.493 e. The standard InChI is InChI=1S/C30H30N2O5/c1-17(2)16-36-22-9-8-21(13-23(22)35-5)27-26-28(33)25-19(4)11-18(3)12-24(25)37-29(26)30(34)32(27)15-20-7-6-10-31-14-20/h6-14,17,27H,15-16H2,1-5H3. The molecule has 4 aromatic rings. The van der Waals surface area contributed by atoms with E-state index in [0.717, 1.165) is 22.3 Å². The molecule has 1 aliphatic rings. The maximum absolute atomic E-state index is 14.0. The molecule has 0 N–H and O–H groups in total. The van der Waals surface area contributed by atoms with Crippen molar-refractivity contribution in [3.63, 3.8) is 0 Å². The van der Waals surface area contributed by atoms with Gasteiger partial charge < -0.3 is 18.8 Å². The lowest BCUT2D eigenvalue weighted by molar-refractivity contribution is 0.0714. The highest BCUT2D eigenvalue weighted by molar-refractivity contribution is 5.99. The Morgan fingerprint density at radius 1 is 1.08 bits per heavy atom. The van der Waals surface area contributed by atoms with Gasteiger partial charge in [-0.05, 0) is 66.3 Å². The van der Waals surface area contributed by atoms with E-state index in [1.807, 2.05) is 50.2 Å². The molecule has 0 spiro atoms. The van der Waals surface area contributed by atoms with E-state index in [-0.39, 0.29) is 23.6 Å². The van der Waals surface area contributed by atoms with Gasteiger partial charge in [-0.25, -0.2) is 0 Å². The molecular weight excluding hydrogens is 468 g/mol. The first-order valence-corrected chi connectivity index (χ1v) is 12.4. The quantitative estimate of drug-likeness (QED) is 0.330. The molecule has 37 heavy (non-hydrogen) atoms. The van der Waals surface area contributed by atoms with Crippen molar-refractivity contribution in [2.45, 2.75) is 40.3 Å². The maximum atomic E-state index is 14.0. The van der Waals surface area contributed by atoms with Crippen LogP contribution in [0.15, 0.2) is 64.1 Å². The first kappa shape index (κ1) is 24.6. The van der Waals surface area contributed by atoms with Gasteiger partial charge in [-0.2, -0.15) is 0 Å². The molecular formula is C30H30N2O5. The Morgan fingerprint density at radius 2 is 1.89 bits per heavy atom. The molecule has 2 aromatic carbocycles. The highest BCUT2D eigenvalue weighted by atomic mass is 16.5. The molecule has 7 heteroatoms. The number of methoxy groups -OCH3 is 1. The summed E-state index contributed by atoms with van der Waals surface area (Å²) in [6.07, 6.45) is 3.40. The van der Waals surface area contributed by atoms with Gasteiger partial charge in [0.25, 0.3) is 5.91 Å². The molecule has 0 aliphatic carbocycles. The molecule has 3 heterocycles. The molecule has 2 aromatic heterocycles. The Labute approximate surface area is 215 Å². The summed E-state index contributed by atoms with van der Waals surface area (Å²) < 4.78 is 17.7. The van der Waals surface area contributed by atoms with Crippen LogP contribution < -0.4 is 14.9 Å². The van der Waals surface area contributed by atoms with Crippen LogP contribution in [-0.2, 0) is 6.54 Å². The number of ether oxygens (including phenoxy) is 2. The summed E-state index contributed by atoms with van der Waals surface area (Å²) in [7, 11) is 1.58. The van der Waals surface area contributed by atoms with E-state index in [1.165, 1.54) is 0 Å². The lowest BCUT2D eigenvalue weighted by Gasteiger charge is -2.26. The zero-order chi connectivity index (χ0) is 26.3. The summed E-state index contributed by atoms with van der Waals surface area (Å²) in [4.78, 5) is 33.6. The van der Waals surface area contributed by atoms with Crippen molar-refractivity contribution in [2.24, 2.45) is 5.92 Å². The minimum Gasteiger partial charge on any atom is -0.493 e. The average molecular weight is 499 g/mol. The Balaban J connectivity index is 1.70. The molecule has 5 rings (SSSR count). The van der Waals surface area contributed by atoms with Gasteiger partial charge in [-0.15, -0.1) is 0 Å². The highest BCUT2D eigenvalue weighted by Gasteiger charge is 2.43. The SMILES string of the molecule is COc1cc(C2c3c(oc4cc(C)cc(C)c4c3=O)C(=O)N2Cc2cccnc2)ccc1OCC(C)C. The number of amides is 1. The first-order chi connectivity index (χ1) is 17.8. The molecule has 0 saturated carbocycles. The van der Waals surface area contributed by atoms with E-state index in [9.17, 15) is 9.59 Å². The van der Waals surface area contributed by atoms with Crippen molar-refractivity contribution in [1.29, 1.82) is 0 Å². The van der Waals surface area contributed by atoms with Crippen LogP contribution >= 0.6 is 0 Å². The monoisotopic (exact) mass is 498 g/mol. The topological polar surface area (TPSA) is 81.9 Å². The summed E-state index contributed by atoms with van der Waals surface area (Å²) in [6.45, 7) is 8.79. The predicted octanol–water partition coefficient (Wildman–Crippen LogP) is 5.59. The van der Waals surface area contributed by atoms with Crippen LogP contribution in [0.4, 0.5) is 0 Å². The lowest BCUT2D eigenvalue weighted by Crippen LogP contribution is -2.29. The van der Waals surface area contributed by atoms with Crippen LogP contribution in [0.25, 0.3) is 11.0 Å². The number of nitrogens with zero attached hydrogens (tertiary/aromatic N) is 2. The van der Waals surface area contributed by atoms with E-state index >= 15 is 0 Å². The summed E-state index contributed by atoms with van der Waals surface area (Å²) in [5.41, 5.74) is 3.93. The second kappa shape index (κ2) is 9.73. The minimum atomic E-state index is -0.655. The third-order valence-electron chi connectivity index (χ3n) is 6.56. The molecule has 1 unspecified atom stereocenters. The van der Waals surface area contributed by atoms with Crippen LogP contribution in [-0.4, -0.2) is 29.5 Å². The second-order valence-electron chi connectivity index (χ2n) is 9.94. The molecule has 0 saturated heterocycles. The molecule has 0 bridgehead atoms. The number of hydrogen-bond donors (Lipinski definition) is 0. The molecule has 0 radical (unpaired) electrons. The fourth-order valence-corrected chi connectivity index (χ4v) is 4.94. The number of rotatable bonds is 7. The normalized spacial score (nSPS) is 14.9. The maximum Gasteiger partial charge on any atom is 0.291 e. The molecule has 1 atom stereocenters. The van der Waals surface area contributed by atoms with Gasteiger partial charge in [0.2, 0.25) is 5.76 Å². The second-order valence-corrected chi connectivity index (χ2v) is 9.94. The third kappa shape index (κ3) is 4.46. The first-order valence-electron chi connectivity index (χ1n) is 12.4. The number of hydrogen-bond acceptors (Lipinski definition) is 6. The zero-order valence-corrected chi connectivity index (χ0v) is 21.7. The zero-order valence-electron chi connectivity index (χ0n) is 21.7. The smallest absolute Gasteiger partial charge is 0.291 e. The van der Waals surface area contributed by atoms with Gasteiger partial charge in [0.15, 0.2) is 16.9 Å². The van der Waals surface area contributed by atoms with Crippen molar-refractivity contribution in [2.75, 3.05) is 13.7 Å². The van der Waals surface area contributed by atoms with E-state index in [2.05, 4.69) is 18.8 Å². The fraction of sp³-hybridized carbons (Fsp3) is 0.300.